The van der Waals surface area contributed by atoms with Gasteiger partial charge in [-0.3, -0.25) is 0 Å². The SMILES string of the molecule is C=C1CC(C)CC(CC)(CNCC)C1. The summed E-state index contributed by atoms with van der Waals surface area (Å²) in [7, 11) is 0. The first kappa shape index (κ1) is 11.8. The smallest absolute Gasteiger partial charge is 0.00108 e. The topological polar surface area (TPSA) is 12.0 Å². The van der Waals surface area contributed by atoms with Crippen molar-refractivity contribution in [2.45, 2.75) is 46.5 Å². The molecule has 0 aromatic heterocycles. The average Bonchev–Trinajstić information content (AvgIpc) is 2.13. The lowest BCUT2D eigenvalue weighted by molar-refractivity contribution is 0.171. The van der Waals surface area contributed by atoms with Crippen LogP contribution in [0, 0.1) is 11.3 Å². The van der Waals surface area contributed by atoms with E-state index in [-0.39, 0.29) is 0 Å². The van der Waals surface area contributed by atoms with Crippen molar-refractivity contribution < 1.29 is 0 Å². The van der Waals surface area contributed by atoms with Crippen molar-refractivity contribution >= 4 is 0 Å². The third-order valence-electron chi connectivity index (χ3n) is 3.54. The third kappa shape index (κ3) is 2.84. The van der Waals surface area contributed by atoms with Crippen molar-refractivity contribution in [2.75, 3.05) is 13.1 Å². The summed E-state index contributed by atoms with van der Waals surface area (Å²) in [4.78, 5) is 0. The standard InChI is InChI=1S/C13H25N/c1-5-13(10-14-6-2)8-11(3)7-12(4)9-13/h12,14H,3,5-10H2,1-2,4H3. The molecule has 1 aliphatic carbocycles. The van der Waals surface area contributed by atoms with E-state index >= 15 is 0 Å². The van der Waals surface area contributed by atoms with E-state index < -0.39 is 0 Å². The van der Waals surface area contributed by atoms with Crippen molar-refractivity contribution in [2.24, 2.45) is 11.3 Å². The molecule has 1 saturated carbocycles. The third-order valence-corrected chi connectivity index (χ3v) is 3.54. The molecule has 14 heavy (non-hydrogen) atoms. The van der Waals surface area contributed by atoms with Crippen LogP contribution in [0.25, 0.3) is 0 Å². The molecular weight excluding hydrogens is 170 g/mol. The average molecular weight is 195 g/mol. The predicted molar refractivity (Wildman–Crippen MR) is 63.4 cm³/mol. The Hall–Kier alpha value is -0.300. The normalized spacial score (nSPS) is 33.4. The monoisotopic (exact) mass is 195 g/mol. The summed E-state index contributed by atoms with van der Waals surface area (Å²) >= 11 is 0. The van der Waals surface area contributed by atoms with E-state index in [1.165, 1.54) is 37.8 Å². The Morgan fingerprint density at radius 1 is 1.50 bits per heavy atom. The maximum absolute atomic E-state index is 4.19. The molecule has 82 valence electrons. The van der Waals surface area contributed by atoms with Crippen LogP contribution < -0.4 is 5.32 Å². The molecule has 0 aromatic carbocycles. The van der Waals surface area contributed by atoms with Crippen LogP contribution in [0.15, 0.2) is 12.2 Å². The fourth-order valence-corrected chi connectivity index (χ4v) is 2.90. The first-order chi connectivity index (χ1) is 6.62. The molecule has 0 aromatic rings. The minimum atomic E-state index is 0.505. The van der Waals surface area contributed by atoms with Gasteiger partial charge in [-0.1, -0.05) is 32.9 Å². The fourth-order valence-electron chi connectivity index (χ4n) is 2.90. The lowest BCUT2D eigenvalue weighted by Crippen LogP contribution is -2.38. The molecule has 1 fully saturated rings. The molecule has 1 N–H and O–H groups in total. The van der Waals surface area contributed by atoms with Crippen LogP contribution in [-0.4, -0.2) is 13.1 Å². The predicted octanol–water partition coefficient (Wildman–Crippen LogP) is 3.37. The van der Waals surface area contributed by atoms with Gasteiger partial charge in [-0.15, -0.1) is 0 Å². The van der Waals surface area contributed by atoms with Gasteiger partial charge in [0.1, 0.15) is 0 Å². The van der Waals surface area contributed by atoms with Crippen LogP contribution in [0.4, 0.5) is 0 Å². The maximum Gasteiger partial charge on any atom is 0.00108 e. The summed E-state index contributed by atoms with van der Waals surface area (Å²) in [5.74, 6) is 0.829. The highest BCUT2D eigenvalue weighted by Crippen LogP contribution is 2.43. The van der Waals surface area contributed by atoms with Crippen LogP contribution in [0.3, 0.4) is 0 Å². The van der Waals surface area contributed by atoms with E-state index in [9.17, 15) is 0 Å². The molecule has 1 rings (SSSR count). The molecule has 0 radical (unpaired) electrons. The zero-order valence-electron chi connectivity index (χ0n) is 10.0. The molecule has 2 unspecified atom stereocenters. The molecular formula is C13H25N. The van der Waals surface area contributed by atoms with Crippen LogP contribution >= 0.6 is 0 Å². The van der Waals surface area contributed by atoms with E-state index in [0.717, 1.165) is 12.5 Å². The number of hydrogen-bond donors (Lipinski definition) is 1. The van der Waals surface area contributed by atoms with Gasteiger partial charge >= 0.3 is 0 Å². The van der Waals surface area contributed by atoms with Crippen molar-refractivity contribution in [1.82, 2.24) is 5.32 Å². The van der Waals surface area contributed by atoms with Gasteiger partial charge in [-0.25, -0.2) is 0 Å². The lowest BCUT2D eigenvalue weighted by atomic mass is 9.67. The van der Waals surface area contributed by atoms with E-state index in [1.54, 1.807) is 0 Å². The van der Waals surface area contributed by atoms with Gasteiger partial charge in [0, 0.05) is 6.54 Å². The summed E-state index contributed by atoms with van der Waals surface area (Å²) in [6.45, 7) is 13.3. The van der Waals surface area contributed by atoms with E-state index in [4.69, 9.17) is 0 Å². The second-order valence-electron chi connectivity index (χ2n) is 5.07. The van der Waals surface area contributed by atoms with Crippen molar-refractivity contribution in [3.8, 4) is 0 Å². The van der Waals surface area contributed by atoms with Crippen LogP contribution in [0.5, 0.6) is 0 Å². The van der Waals surface area contributed by atoms with Gasteiger partial charge in [0.2, 0.25) is 0 Å². The number of rotatable bonds is 4. The quantitative estimate of drug-likeness (QED) is 0.678. The second kappa shape index (κ2) is 4.97. The second-order valence-corrected chi connectivity index (χ2v) is 5.07. The Morgan fingerprint density at radius 3 is 2.71 bits per heavy atom. The molecule has 1 aliphatic rings. The molecule has 2 atom stereocenters. The largest absolute Gasteiger partial charge is 0.316 e. The van der Waals surface area contributed by atoms with Gasteiger partial charge < -0.3 is 5.32 Å². The Morgan fingerprint density at radius 2 is 2.21 bits per heavy atom. The highest BCUT2D eigenvalue weighted by Gasteiger charge is 2.34. The highest BCUT2D eigenvalue weighted by molar-refractivity contribution is 5.06. The van der Waals surface area contributed by atoms with Crippen LogP contribution in [-0.2, 0) is 0 Å². The molecule has 1 heteroatoms. The zero-order chi connectivity index (χ0) is 10.6. The summed E-state index contributed by atoms with van der Waals surface area (Å²) in [6.07, 6.45) is 5.13. The van der Waals surface area contributed by atoms with Gasteiger partial charge in [0.15, 0.2) is 0 Å². The first-order valence-corrected chi connectivity index (χ1v) is 5.99. The van der Waals surface area contributed by atoms with Crippen molar-refractivity contribution in [3.63, 3.8) is 0 Å². The Kier molecular flexibility index (Phi) is 4.18. The lowest BCUT2D eigenvalue weighted by Gasteiger charge is -2.40. The van der Waals surface area contributed by atoms with Gasteiger partial charge in [0.25, 0.3) is 0 Å². The molecule has 0 amide bonds. The summed E-state index contributed by atoms with van der Waals surface area (Å²) < 4.78 is 0. The summed E-state index contributed by atoms with van der Waals surface area (Å²) in [6, 6.07) is 0. The number of hydrogen-bond acceptors (Lipinski definition) is 1. The van der Waals surface area contributed by atoms with Gasteiger partial charge in [-0.05, 0) is 43.6 Å². The molecule has 0 heterocycles. The summed E-state index contributed by atoms with van der Waals surface area (Å²) in [5.41, 5.74) is 1.97. The number of nitrogens with one attached hydrogen (secondary N) is 1. The highest BCUT2D eigenvalue weighted by atomic mass is 14.9. The van der Waals surface area contributed by atoms with Crippen LogP contribution in [0.1, 0.15) is 46.5 Å². The van der Waals surface area contributed by atoms with Crippen molar-refractivity contribution in [1.29, 1.82) is 0 Å². The Labute approximate surface area is 89.0 Å². The van der Waals surface area contributed by atoms with E-state index in [2.05, 4.69) is 32.7 Å². The van der Waals surface area contributed by atoms with Crippen molar-refractivity contribution in [3.05, 3.63) is 12.2 Å². The molecule has 0 spiro atoms. The van der Waals surface area contributed by atoms with Crippen LogP contribution in [0.2, 0.25) is 0 Å². The number of allylic oxidation sites excluding steroid dienone is 1. The first-order valence-electron chi connectivity index (χ1n) is 5.99. The zero-order valence-corrected chi connectivity index (χ0v) is 10.0. The van der Waals surface area contributed by atoms with Gasteiger partial charge in [-0.2, -0.15) is 0 Å². The minimum absolute atomic E-state index is 0.505. The molecule has 0 bridgehead atoms. The Bertz CT molecular complexity index is 197. The van der Waals surface area contributed by atoms with Gasteiger partial charge in [0.05, 0.1) is 0 Å². The molecule has 1 nitrogen and oxygen atoms in total. The minimum Gasteiger partial charge on any atom is -0.316 e. The fraction of sp³-hybridized carbons (Fsp3) is 0.846. The van der Waals surface area contributed by atoms with E-state index in [1.807, 2.05) is 0 Å². The Balaban J connectivity index is 2.61. The summed E-state index contributed by atoms with van der Waals surface area (Å²) in [5, 5.41) is 3.51. The molecule has 0 saturated heterocycles. The molecule has 0 aliphatic heterocycles. The van der Waals surface area contributed by atoms with E-state index in [0.29, 0.717) is 5.41 Å². The maximum atomic E-state index is 4.19.